The van der Waals surface area contributed by atoms with Gasteiger partial charge in [-0.25, -0.2) is 4.98 Å². The summed E-state index contributed by atoms with van der Waals surface area (Å²) in [6.07, 6.45) is 10.2. The Morgan fingerprint density at radius 1 is 1.06 bits per heavy atom. The van der Waals surface area contributed by atoms with E-state index in [1.165, 1.54) is 19.3 Å². The van der Waals surface area contributed by atoms with E-state index in [1.54, 1.807) is 18.5 Å². The summed E-state index contributed by atoms with van der Waals surface area (Å²) in [5.74, 6) is 1.48. The maximum absolute atomic E-state index is 12.7. The molecule has 6 rings (SSSR count). The fourth-order valence-electron chi connectivity index (χ4n) is 5.48. The first-order chi connectivity index (χ1) is 16.1. The van der Waals surface area contributed by atoms with Crippen LogP contribution in [0, 0.1) is 11.8 Å². The van der Waals surface area contributed by atoms with E-state index in [-0.39, 0.29) is 11.5 Å². The van der Waals surface area contributed by atoms with E-state index in [9.17, 15) is 9.59 Å². The van der Waals surface area contributed by atoms with Crippen LogP contribution >= 0.6 is 0 Å². The summed E-state index contributed by atoms with van der Waals surface area (Å²) < 4.78 is 1.95. The highest BCUT2D eigenvalue weighted by atomic mass is 16.1. The van der Waals surface area contributed by atoms with Crippen LogP contribution in [0.2, 0.25) is 0 Å². The van der Waals surface area contributed by atoms with Crippen molar-refractivity contribution in [2.24, 2.45) is 11.8 Å². The normalized spacial score (nSPS) is 21.4. The summed E-state index contributed by atoms with van der Waals surface area (Å²) in [5, 5.41) is 6.65. The molecule has 33 heavy (non-hydrogen) atoms. The minimum Gasteiger partial charge on any atom is -0.352 e. The molecule has 1 aromatic carbocycles. The van der Waals surface area contributed by atoms with Crippen molar-refractivity contribution in [3.63, 3.8) is 0 Å². The van der Waals surface area contributed by atoms with Crippen molar-refractivity contribution in [1.29, 1.82) is 0 Å². The van der Waals surface area contributed by atoms with Crippen LogP contribution < -0.4 is 16.2 Å². The number of carbonyl (C=O) groups is 1. The van der Waals surface area contributed by atoms with Crippen LogP contribution in [0.5, 0.6) is 0 Å². The van der Waals surface area contributed by atoms with Gasteiger partial charge < -0.3 is 15.6 Å². The number of hydrogen-bond donors (Lipinski definition) is 3. The standard InChI is InChI=1S/C26H25N5O2/c32-24-15-19(9-10-27-24)23-8-7-21(25-28-11-12-31(23)25)29-20-5-3-17(4-6-20)26(33)30-22-14-16-1-2-18(22)13-16/h3-12,15-16,18,22,29H,1-2,13-14H2,(H,27,32)(H,30,33)/t16-,18+,22?/m0/s1. The number of amides is 1. The highest BCUT2D eigenvalue weighted by Crippen LogP contribution is 2.44. The first kappa shape index (κ1) is 19.8. The topological polar surface area (TPSA) is 91.3 Å². The molecular weight excluding hydrogens is 414 g/mol. The molecule has 0 aliphatic heterocycles. The van der Waals surface area contributed by atoms with Crippen LogP contribution in [-0.2, 0) is 0 Å². The zero-order chi connectivity index (χ0) is 22.4. The lowest BCUT2D eigenvalue weighted by Gasteiger charge is -2.22. The summed E-state index contributed by atoms with van der Waals surface area (Å²) in [6.45, 7) is 0. The number of fused-ring (bicyclic) bond motifs is 3. The molecule has 1 unspecified atom stereocenters. The molecule has 2 bridgehead atoms. The van der Waals surface area contributed by atoms with Gasteiger partial charge in [-0.1, -0.05) is 6.42 Å². The monoisotopic (exact) mass is 439 g/mol. The lowest BCUT2D eigenvalue weighted by Crippen LogP contribution is -2.38. The number of aromatic amines is 1. The van der Waals surface area contributed by atoms with E-state index in [2.05, 4.69) is 20.6 Å². The predicted octanol–water partition coefficient (Wildman–Crippen LogP) is 4.35. The van der Waals surface area contributed by atoms with Crippen LogP contribution in [0.25, 0.3) is 16.9 Å². The van der Waals surface area contributed by atoms with E-state index in [0.29, 0.717) is 17.5 Å². The van der Waals surface area contributed by atoms with Gasteiger partial charge in [0, 0.05) is 47.5 Å². The lowest BCUT2D eigenvalue weighted by atomic mass is 9.95. The molecule has 7 heteroatoms. The van der Waals surface area contributed by atoms with E-state index in [4.69, 9.17) is 0 Å². The molecule has 0 spiro atoms. The fourth-order valence-corrected chi connectivity index (χ4v) is 5.48. The number of anilines is 2. The van der Waals surface area contributed by atoms with E-state index >= 15 is 0 Å². The van der Waals surface area contributed by atoms with Crippen molar-refractivity contribution in [2.45, 2.75) is 31.7 Å². The molecule has 3 heterocycles. The molecule has 2 fully saturated rings. The van der Waals surface area contributed by atoms with Crippen LogP contribution in [-0.4, -0.2) is 26.3 Å². The molecular formula is C26H25N5O2. The first-order valence-electron chi connectivity index (χ1n) is 11.5. The number of hydrogen-bond acceptors (Lipinski definition) is 4. The molecule has 3 atom stereocenters. The number of aromatic nitrogens is 3. The smallest absolute Gasteiger partial charge is 0.251 e. The van der Waals surface area contributed by atoms with Gasteiger partial charge >= 0.3 is 0 Å². The molecule has 3 aromatic heterocycles. The maximum Gasteiger partial charge on any atom is 0.251 e. The number of rotatable bonds is 5. The van der Waals surface area contributed by atoms with Crippen LogP contribution in [0.1, 0.15) is 36.0 Å². The van der Waals surface area contributed by atoms with Crippen molar-refractivity contribution < 1.29 is 4.79 Å². The summed E-state index contributed by atoms with van der Waals surface area (Å²) >= 11 is 0. The summed E-state index contributed by atoms with van der Waals surface area (Å²) in [4.78, 5) is 31.6. The van der Waals surface area contributed by atoms with Crippen molar-refractivity contribution in [1.82, 2.24) is 19.7 Å². The second-order valence-corrected chi connectivity index (χ2v) is 9.15. The zero-order valence-electron chi connectivity index (χ0n) is 18.1. The maximum atomic E-state index is 12.7. The van der Waals surface area contributed by atoms with Crippen LogP contribution in [0.4, 0.5) is 11.4 Å². The predicted molar refractivity (Wildman–Crippen MR) is 128 cm³/mol. The Hall–Kier alpha value is -3.87. The second kappa shape index (κ2) is 7.92. The van der Waals surface area contributed by atoms with Crippen molar-refractivity contribution in [2.75, 3.05) is 5.32 Å². The van der Waals surface area contributed by atoms with Gasteiger partial charge in [-0.05, 0) is 73.6 Å². The summed E-state index contributed by atoms with van der Waals surface area (Å²) in [6, 6.07) is 15.2. The Labute approximate surface area is 190 Å². The third kappa shape index (κ3) is 3.69. The van der Waals surface area contributed by atoms with Gasteiger partial charge in [-0.3, -0.25) is 14.0 Å². The number of pyridine rings is 2. The number of nitrogens with zero attached hydrogens (tertiary/aromatic N) is 2. The largest absolute Gasteiger partial charge is 0.352 e. The molecule has 2 aliphatic rings. The molecule has 4 aromatic rings. The van der Waals surface area contributed by atoms with Gasteiger partial charge in [0.2, 0.25) is 5.56 Å². The molecule has 166 valence electrons. The number of H-pyrrole nitrogens is 1. The first-order valence-corrected chi connectivity index (χ1v) is 11.5. The van der Waals surface area contributed by atoms with Crippen molar-refractivity contribution in [3.05, 3.63) is 83.0 Å². The Balaban J connectivity index is 1.20. The SMILES string of the molecule is O=C(NC1C[C@H]2CC[C@@H]1C2)c1ccc(Nc2ccc(-c3cc[nH]c(=O)c3)n3ccnc23)cc1. The summed E-state index contributed by atoms with van der Waals surface area (Å²) in [7, 11) is 0. The quantitative estimate of drug-likeness (QED) is 0.431. The molecule has 0 radical (unpaired) electrons. The van der Waals surface area contributed by atoms with Crippen LogP contribution in [0.3, 0.4) is 0 Å². The minimum atomic E-state index is -0.146. The average Bonchev–Trinajstić information content (AvgIpc) is 3.57. The molecule has 7 nitrogen and oxygen atoms in total. The van der Waals surface area contributed by atoms with Crippen LogP contribution in [0.15, 0.2) is 71.9 Å². The number of carbonyl (C=O) groups excluding carboxylic acids is 1. The van der Waals surface area contributed by atoms with E-state index < -0.39 is 0 Å². The average molecular weight is 440 g/mol. The second-order valence-electron chi connectivity index (χ2n) is 9.15. The van der Waals surface area contributed by atoms with Gasteiger partial charge in [0.15, 0.2) is 5.65 Å². The molecule has 2 aliphatic carbocycles. The van der Waals surface area contributed by atoms with Gasteiger partial charge in [0.05, 0.1) is 11.4 Å². The molecule has 2 saturated carbocycles. The molecule has 0 saturated heterocycles. The van der Waals surface area contributed by atoms with Gasteiger partial charge in [-0.2, -0.15) is 0 Å². The Morgan fingerprint density at radius 2 is 1.94 bits per heavy atom. The fraction of sp³-hybridized carbons (Fsp3) is 0.269. The Kier molecular flexibility index (Phi) is 4.75. The van der Waals surface area contributed by atoms with E-state index in [1.807, 2.05) is 53.1 Å². The third-order valence-electron chi connectivity index (χ3n) is 7.10. The Bertz CT molecular complexity index is 1390. The van der Waals surface area contributed by atoms with Gasteiger partial charge in [0.1, 0.15) is 0 Å². The van der Waals surface area contributed by atoms with Gasteiger partial charge in [-0.15, -0.1) is 0 Å². The van der Waals surface area contributed by atoms with E-state index in [0.717, 1.165) is 40.6 Å². The Morgan fingerprint density at radius 3 is 2.70 bits per heavy atom. The highest BCUT2D eigenvalue weighted by molar-refractivity contribution is 5.95. The number of benzene rings is 1. The molecule has 1 amide bonds. The minimum absolute atomic E-state index is 0.0111. The van der Waals surface area contributed by atoms with Crippen molar-refractivity contribution >= 4 is 22.9 Å². The summed E-state index contributed by atoms with van der Waals surface area (Å²) in [5.41, 5.74) is 4.70. The number of imidazole rings is 1. The highest BCUT2D eigenvalue weighted by Gasteiger charge is 2.40. The molecule has 3 N–H and O–H groups in total. The van der Waals surface area contributed by atoms with Crippen molar-refractivity contribution in [3.8, 4) is 11.3 Å². The third-order valence-corrected chi connectivity index (χ3v) is 7.10. The number of nitrogens with one attached hydrogen (secondary N) is 3. The lowest BCUT2D eigenvalue weighted by molar-refractivity contribution is 0.0923. The zero-order valence-corrected chi connectivity index (χ0v) is 18.1. The van der Waals surface area contributed by atoms with Gasteiger partial charge in [0.25, 0.3) is 5.91 Å².